The fourth-order valence-corrected chi connectivity index (χ4v) is 2.23. The van der Waals surface area contributed by atoms with E-state index in [-0.39, 0.29) is 11.4 Å². The number of carbonyl (C=O) groups excluding carboxylic acids is 1. The standard InChI is InChI=1S/C19H16F4N2O2/c1-11(8-12(2)27-19(3,22)23)13-4-6-14(7-5-13)25-18(26)17-15(20)9-24-10-16(17)21/h4-10H,1H2,2-3H3,(H,25,26). The van der Waals surface area contributed by atoms with Crippen molar-refractivity contribution in [3.63, 3.8) is 0 Å². The van der Waals surface area contributed by atoms with E-state index >= 15 is 0 Å². The molecule has 8 heteroatoms. The number of ether oxygens (including phenoxy) is 1. The molecule has 4 nitrogen and oxygen atoms in total. The maximum absolute atomic E-state index is 13.6. The number of nitrogens with one attached hydrogen (secondary N) is 1. The molecule has 0 unspecified atom stereocenters. The van der Waals surface area contributed by atoms with Crippen LogP contribution in [-0.2, 0) is 4.74 Å². The van der Waals surface area contributed by atoms with Gasteiger partial charge in [-0.05, 0) is 36.3 Å². The lowest BCUT2D eigenvalue weighted by Crippen LogP contribution is -2.16. The Labute approximate surface area is 153 Å². The Morgan fingerprint density at radius 1 is 1.19 bits per heavy atom. The molecule has 2 rings (SSSR count). The van der Waals surface area contributed by atoms with Gasteiger partial charge in [-0.15, -0.1) is 0 Å². The number of carbonyl (C=O) groups is 1. The van der Waals surface area contributed by atoms with Gasteiger partial charge in [0.2, 0.25) is 0 Å². The maximum Gasteiger partial charge on any atom is 0.394 e. The molecule has 0 bridgehead atoms. The van der Waals surface area contributed by atoms with E-state index in [1.807, 2.05) is 0 Å². The number of amides is 1. The Morgan fingerprint density at radius 2 is 1.74 bits per heavy atom. The maximum atomic E-state index is 13.6. The number of aromatic nitrogens is 1. The molecule has 0 radical (unpaired) electrons. The molecule has 1 heterocycles. The highest BCUT2D eigenvalue weighted by molar-refractivity contribution is 6.04. The minimum atomic E-state index is -3.30. The van der Waals surface area contributed by atoms with Crippen LogP contribution in [-0.4, -0.2) is 17.0 Å². The largest absolute Gasteiger partial charge is 0.438 e. The molecule has 0 fully saturated rings. The van der Waals surface area contributed by atoms with Gasteiger partial charge >= 0.3 is 6.11 Å². The smallest absolute Gasteiger partial charge is 0.394 e. The van der Waals surface area contributed by atoms with Crippen molar-refractivity contribution in [2.75, 3.05) is 5.32 Å². The summed E-state index contributed by atoms with van der Waals surface area (Å²) in [5.41, 5.74) is 0.524. The first-order valence-corrected chi connectivity index (χ1v) is 7.71. The quantitative estimate of drug-likeness (QED) is 0.428. The fraction of sp³-hybridized carbons (Fsp3) is 0.158. The van der Waals surface area contributed by atoms with E-state index in [0.717, 1.165) is 12.4 Å². The minimum absolute atomic E-state index is 0.0199. The summed E-state index contributed by atoms with van der Waals surface area (Å²) in [6, 6.07) is 6.08. The molecular formula is C19H16F4N2O2. The van der Waals surface area contributed by atoms with Crippen LogP contribution in [0, 0.1) is 11.6 Å². The summed E-state index contributed by atoms with van der Waals surface area (Å²) < 4.78 is 57.2. The third-order valence-corrected chi connectivity index (χ3v) is 3.31. The second kappa shape index (κ2) is 8.03. The van der Waals surface area contributed by atoms with E-state index in [0.29, 0.717) is 18.1 Å². The van der Waals surface area contributed by atoms with Crippen LogP contribution in [0.3, 0.4) is 0 Å². The highest BCUT2D eigenvalue weighted by Crippen LogP contribution is 2.23. The molecule has 0 saturated carbocycles. The van der Waals surface area contributed by atoms with Crippen LogP contribution in [0.25, 0.3) is 5.57 Å². The van der Waals surface area contributed by atoms with Gasteiger partial charge in [0.15, 0.2) is 11.6 Å². The van der Waals surface area contributed by atoms with Crippen molar-refractivity contribution in [2.24, 2.45) is 0 Å². The monoisotopic (exact) mass is 380 g/mol. The zero-order chi connectivity index (χ0) is 20.2. The Bertz CT molecular complexity index is 867. The first kappa shape index (κ1) is 20.2. The average Bonchev–Trinajstić information content (AvgIpc) is 2.53. The van der Waals surface area contributed by atoms with Gasteiger partial charge < -0.3 is 10.1 Å². The van der Waals surface area contributed by atoms with E-state index in [4.69, 9.17) is 0 Å². The Balaban J connectivity index is 2.10. The van der Waals surface area contributed by atoms with Crippen LogP contribution >= 0.6 is 0 Å². The lowest BCUT2D eigenvalue weighted by atomic mass is 10.1. The lowest BCUT2D eigenvalue weighted by molar-refractivity contribution is -0.197. The van der Waals surface area contributed by atoms with E-state index in [1.54, 1.807) is 12.1 Å². The summed E-state index contributed by atoms with van der Waals surface area (Å²) in [7, 11) is 0. The summed E-state index contributed by atoms with van der Waals surface area (Å²) in [4.78, 5) is 15.3. The number of rotatable bonds is 6. The van der Waals surface area contributed by atoms with E-state index < -0.39 is 29.2 Å². The van der Waals surface area contributed by atoms with Crippen LogP contribution in [0.5, 0.6) is 0 Å². The zero-order valence-electron chi connectivity index (χ0n) is 14.5. The van der Waals surface area contributed by atoms with Crippen LogP contribution < -0.4 is 5.32 Å². The summed E-state index contributed by atoms with van der Waals surface area (Å²) in [5.74, 6) is -3.14. The number of hydrogen-bond donors (Lipinski definition) is 1. The van der Waals surface area contributed by atoms with Gasteiger partial charge in [0.05, 0.1) is 12.4 Å². The van der Waals surface area contributed by atoms with Gasteiger partial charge in [0.25, 0.3) is 5.91 Å². The van der Waals surface area contributed by atoms with Crippen molar-refractivity contribution < 1.29 is 27.1 Å². The number of hydrogen-bond acceptors (Lipinski definition) is 3. The molecule has 2 aromatic rings. The third kappa shape index (κ3) is 5.67. The third-order valence-electron chi connectivity index (χ3n) is 3.31. The van der Waals surface area contributed by atoms with Crippen molar-refractivity contribution >= 4 is 17.2 Å². The van der Waals surface area contributed by atoms with Crippen molar-refractivity contribution in [3.05, 3.63) is 77.8 Å². The number of pyridine rings is 1. The second-order valence-corrected chi connectivity index (χ2v) is 5.70. The van der Waals surface area contributed by atoms with Crippen molar-refractivity contribution in [1.82, 2.24) is 4.98 Å². The first-order valence-electron chi connectivity index (χ1n) is 7.71. The van der Waals surface area contributed by atoms with Crippen LogP contribution in [0.1, 0.15) is 29.8 Å². The van der Waals surface area contributed by atoms with Crippen LogP contribution in [0.2, 0.25) is 0 Å². The number of halogens is 4. The topological polar surface area (TPSA) is 51.2 Å². The Kier molecular flexibility index (Phi) is 5.99. The van der Waals surface area contributed by atoms with Crippen molar-refractivity contribution in [3.8, 4) is 0 Å². The first-order chi connectivity index (χ1) is 12.6. The summed E-state index contributed by atoms with van der Waals surface area (Å²) in [5, 5.41) is 2.36. The predicted molar refractivity (Wildman–Crippen MR) is 93.0 cm³/mol. The SMILES string of the molecule is C=C(C=C(C)OC(C)(F)F)c1ccc(NC(=O)c2c(F)cncc2F)cc1. The highest BCUT2D eigenvalue weighted by atomic mass is 19.3. The Hall–Kier alpha value is -3.16. The van der Waals surface area contributed by atoms with Crippen LogP contribution in [0.4, 0.5) is 23.2 Å². The number of anilines is 1. The lowest BCUT2D eigenvalue weighted by Gasteiger charge is -2.13. The zero-order valence-corrected chi connectivity index (χ0v) is 14.5. The summed E-state index contributed by atoms with van der Waals surface area (Å²) in [6.45, 7) is 5.76. The molecule has 0 spiro atoms. The molecule has 27 heavy (non-hydrogen) atoms. The fourth-order valence-electron chi connectivity index (χ4n) is 2.23. The van der Waals surface area contributed by atoms with Gasteiger partial charge in [0, 0.05) is 12.6 Å². The van der Waals surface area contributed by atoms with Crippen LogP contribution in [0.15, 0.2) is 55.1 Å². The van der Waals surface area contributed by atoms with E-state index in [2.05, 4.69) is 21.6 Å². The van der Waals surface area contributed by atoms with Gasteiger partial charge in [-0.25, -0.2) is 8.78 Å². The van der Waals surface area contributed by atoms with Crippen molar-refractivity contribution in [1.29, 1.82) is 0 Å². The molecule has 142 valence electrons. The predicted octanol–water partition coefficient (Wildman–Crippen LogP) is 5.16. The van der Waals surface area contributed by atoms with Gasteiger partial charge in [-0.1, -0.05) is 18.7 Å². The van der Waals surface area contributed by atoms with Gasteiger partial charge in [-0.2, -0.15) is 8.78 Å². The summed E-state index contributed by atoms with van der Waals surface area (Å²) >= 11 is 0. The second-order valence-electron chi connectivity index (χ2n) is 5.70. The molecular weight excluding hydrogens is 364 g/mol. The molecule has 0 saturated heterocycles. The number of allylic oxidation sites excluding steroid dienone is 3. The molecule has 0 aliphatic heterocycles. The molecule has 1 aromatic carbocycles. The molecule has 0 aliphatic rings. The minimum Gasteiger partial charge on any atom is -0.438 e. The number of alkyl halides is 2. The van der Waals surface area contributed by atoms with E-state index in [1.165, 1.54) is 25.1 Å². The van der Waals surface area contributed by atoms with E-state index in [9.17, 15) is 22.4 Å². The summed E-state index contributed by atoms with van der Waals surface area (Å²) in [6.07, 6.45) is -0.484. The highest BCUT2D eigenvalue weighted by Gasteiger charge is 2.23. The van der Waals surface area contributed by atoms with Gasteiger partial charge in [0.1, 0.15) is 11.3 Å². The number of nitrogens with zero attached hydrogens (tertiary/aromatic N) is 1. The molecule has 0 atom stereocenters. The molecule has 1 aromatic heterocycles. The Morgan fingerprint density at radius 3 is 2.26 bits per heavy atom. The average molecular weight is 380 g/mol. The number of benzene rings is 1. The molecule has 0 aliphatic carbocycles. The normalized spacial score (nSPS) is 11.9. The molecule has 1 N–H and O–H groups in total. The van der Waals surface area contributed by atoms with Gasteiger partial charge in [-0.3, -0.25) is 9.78 Å². The van der Waals surface area contributed by atoms with Crippen molar-refractivity contribution in [2.45, 2.75) is 20.0 Å². The molecule has 1 amide bonds.